The van der Waals surface area contributed by atoms with Gasteiger partial charge in [0.1, 0.15) is 6.04 Å². The van der Waals surface area contributed by atoms with Gasteiger partial charge < -0.3 is 10.4 Å². The van der Waals surface area contributed by atoms with Gasteiger partial charge in [0.2, 0.25) is 5.91 Å². The van der Waals surface area contributed by atoms with E-state index >= 15 is 0 Å². The van der Waals surface area contributed by atoms with Crippen molar-refractivity contribution in [3.05, 3.63) is 19.2 Å². The average molecular weight is 371 g/mol. The summed E-state index contributed by atoms with van der Waals surface area (Å²) in [6.07, 6.45) is 0.262. The number of nitrogens with one attached hydrogen (secondary N) is 1. The second-order valence-electron chi connectivity index (χ2n) is 3.14. The number of carbonyl (C=O) groups is 2. The Morgan fingerprint density at radius 1 is 1.56 bits per heavy atom. The lowest BCUT2D eigenvalue weighted by Crippen LogP contribution is -2.41. The molecule has 88 valence electrons. The zero-order valence-electron chi connectivity index (χ0n) is 8.29. The molecule has 7 heteroatoms. The quantitative estimate of drug-likeness (QED) is 0.855. The zero-order valence-corrected chi connectivity index (χ0v) is 12.3. The van der Waals surface area contributed by atoms with E-state index in [1.165, 1.54) is 18.3 Å². The molecule has 1 atom stereocenters. The maximum Gasteiger partial charge on any atom is 0.326 e. The van der Waals surface area contributed by atoms with Gasteiger partial charge in [-0.05, 0) is 43.5 Å². The Kier molecular flexibility index (Phi) is 4.94. The minimum absolute atomic E-state index is 0.262. The van der Waals surface area contributed by atoms with E-state index in [1.54, 1.807) is 0 Å². The highest BCUT2D eigenvalue weighted by Gasteiger charge is 2.20. The number of hydrogen-bond acceptors (Lipinski definition) is 3. The van der Waals surface area contributed by atoms with Crippen molar-refractivity contribution >= 4 is 55.1 Å². The third-order valence-electron chi connectivity index (χ3n) is 1.83. The highest BCUT2D eigenvalue weighted by atomic mass is 79.9. The number of rotatable bonds is 4. The van der Waals surface area contributed by atoms with E-state index in [9.17, 15) is 9.59 Å². The van der Waals surface area contributed by atoms with Crippen molar-refractivity contribution < 1.29 is 14.7 Å². The molecule has 1 unspecified atom stereocenters. The Labute approximate surface area is 113 Å². The number of hydrogen-bond donors (Lipinski definition) is 2. The van der Waals surface area contributed by atoms with E-state index < -0.39 is 12.0 Å². The van der Waals surface area contributed by atoms with Crippen LogP contribution in [0.4, 0.5) is 0 Å². The highest BCUT2D eigenvalue weighted by molar-refractivity contribution is 9.12. The first-order valence-corrected chi connectivity index (χ1v) is 6.74. The van der Waals surface area contributed by atoms with Crippen molar-refractivity contribution in [2.75, 3.05) is 0 Å². The summed E-state index contributed by atoms with van der Waals surface area (Å²) in [7, 11) is 0. The molecule has 4 nitrogen and oxygen atoms in total. The van der Waals surface area contributed by atoms with Crippen LogP contribution in [0.15, 0.2) is 13.6 Å². The Morgan fingerprint density at radius 2 is 2.19 bits per heavy atom. The summed E-state index contributed by atoms with van der Waals surface area (Å²) in [6, 6.07) is 0.947. The van der Waals surface area contributed by atoms with Crippen molar-refractivity contribution in [3.63, 3.8) is 0 Å². The monoisotopic (exact) mass is 369 g/mol. The largest absolute Gasteiger partial charge is 0.480 e. The van der Waals surface area contributed by atoms with Crippen molar-refractivity contribution in [1.29, 1.82) is 0 Å². The van der Waals surface area contributed by atoms with Gasteiger partial charge in [0, 0.05) is 13.3 Å². The maximum absolute atomic E-state index is 10.9. The van der Waals surface area contributed by atoms with Gasteiger partial charge >= 0.3 is 5.97 Å². The van der Waals surface area contributed by atoms with E-state index in [1.807, 2.05) is 6.07 Å². The lowest BCUT2D eigenvalue weighted by atomic mass is 10.1. The van der Waals surface area contributed by atoms with Crippen molar-refractivity contribution in [2.24, 2.45) is 0 Å². The minimum atomic E-state index is -1.04. The highest BCUT2D eigenvalue weighted by Crippen LogP contribution is 2.32. The Balaban J connectivity index is 2.79. The fourth-order valence-corrected chi connectivity index (χ4v) is 4.04. The lowest BCUT2D eigenvalue weighted by Gasteiger charge is -2.12. The van der Waals surface area contributed by atoms with Crippen LogP contribution in [-0.2, 0) is 16.0 Å². The van der Waals surface area contributed by atoms with Crippen LogP contribution in [0.1, 0.15) is 12.5 Å². The van der Waals surface area contributed by atoms with Gasteiger partial charge in [-0.3, -0.25) is 4.79 Å². The molecule has 1 aromatic rings. The van der Waals surface area contributed by atoms with Crippen molar-refractivity contribution in [3.8, 4) is 0 Å². The molecule has 0 spiro atoms. The van der Waals surface area contributed by atoms with Gasteiger partial charge in [0.15, 0.2) is 0 Å². The third kappa shape index (κ3) is 3.88. The van der Waals surface area contributed by atoms with E-state index in [0.717, 1.165) is 13.1 Å². The normalized spacial score (nSPS) is 12.2. The molecule has 0 saturated carbocycles. The molecule has 0 fully saturated rings. The molecule has 1 amide bonds. The molecule has 0 aromatic carbocycles. The molecule has 2 N–H and O–H groups in total. The second-order valence-corrected chi connectivity index (χ2v) is 6.89. The Hall–Kier alpha value is -0.400. The standard InChI is InChI=1S/C9H9Br2NO3S/c1-4(13)12-6(9(14)15)2-5-3-7(10)16-8(5)11/h3,6H,2H2,1H3,(H,12,13)(H,14,15). The number of carbonyl (C=O) groups excluding carboxylic acids is 1. The number of carboxylic acid groups (broad SMARTS) is 1. The molecule has 0 aliphatic rings. The molecule has 1 heterocycles. The number of aliphatic carboxylic acids is 1. The number of amides is 1. The van der Waals surface area contributed by atoms with E-state index in [0.29, 0.717) is 0 Å². The second kappa shape index (κ2) is 5.79. The molecule has 16 heavy (non-hydrogen) atoms. The minimum Gasteiger partial charge on any atom is -0.480 e. The first-order chi connectivity index (χ1) is 7.40. The number of carboxylic acids is 1. The molecule has 0 bridgehead atoms. The Bertz CT molecular complexity index is 419. The first kappa shape index (κ1) is 13.7. The van der Waals surface area contributed by atoms with Crippen LogP contribution in [0.2, 0.25) is 0 Å². The molecule has 1 aromatic heterocycles. The van der Waals surface area contributed by atoms with Gasteiger partial charge in [-0.2, -0.15) is 0 Å². The van der Waals surface area contributed by atoms with Crippen LogP contribution in [0.25, 0.3) is 0 Å². The van der Waals surface area contributed by atoms with Gasteiger partial charge in [0.05, 0.1) is 7.57 Å². The van der Waals surface area contributed by atoms with Crippen LogP contribution in [0, 0.1) is 0 Å². The summed E-state index contributed by atoms with van der Waals surface area (Å²) in [5, 5.41) is 11.3. The molecule has 0 radical (unpaired) electrons. The molecular formula is C9H9Br2NO3S. The molecule has 0 aliphatic carbocycles. The van der Waals surface area contributed by atoms with Crippen molar-refractivity contribution in [2.45, 2.75) is 19.4 Å². The van der Waals surface area contributed by atoms with E-state index in [4.69, 9.17) is 5.11 Å². The maximum atomic E-state index is 10.9. The SMILES string of the molecule is CC(=O)NC(Cc1cc(Br)sc1Br)C(=O)O. The van der Waals surface area contributed by atoms with Gasteiger partial charge in [-0.25, -0.2) is 4.79 Å². The van der Waals surface area contributed by atoms with Crippen LogP contribution in [-0.4, -0.2) is 23.0 Å². The third-order valence-corrected chi connectivity index (χ3v) is 4.29. The summed E-state index contributed by atoms with van der Waals surface area (Å²) >= 11 is 8.13. The van der Waals surface area contributed by atoms with Crippen LogP contribution >= 0.6 is 43.2 Å². The van der Waals surface area contributed by atoms with Gasteiger partial charge in [-0.15, -0.1) is 11.3 Å². The average Bonchev–Trinajstić information content (AvgIpc) is 2.43. The van der Waals surface area contributed by atoms with E-state index in [-0.39, 0.29) is 12.3 Å². The molecular weight excluding hydrogens is 362 g/mol. The fraction of sp³-hybridized carbons (Fsp3) is 0.333. The fourth-order valence-electron chi connectivity index (χ4n) is 1.18. The lowest BCUT2D eigenvalue weighted by molar-refractivity contribution is -0.141. The smallest absolute Gasteiger partial charge is 0.326 e. The van der Waals surface area contributed by atoms with Gasteiger partial charge in [0.25, 0.3) is 0 Å². The predicted molar refractivity (Wildman–Crippen MR) is 68.7 cm³/mol. The summed E-state index contributed by atoms with van der Waals surface area (Å²) in [4.78, 5) is 21.8. The predicted octanol–water partition coefficient (Wildman–Crippen LogP) is 2.40. The summed E-state index contributed by atoms with van der Waals surface area (Å²) in [5.41, 5.74) is 0.859. The first-order valence-electron chi connectivity index (χ1n) is 4.33. The molecule has 0 saturated heterocycles. The zero-order chi connectivity index (χ0) is 12.3. The Morgan fingerprint density at radius 3 is 2.56 bits per heavy atom. The summed E-state index contributed by atoms with van der Waals surface area (Å²) in [6.45, 7) is 1.30. The summed E-state index contributed by atoms with van der Waals surface area (Å²) in [5.74, 6) is -1.39. The van der Waals surface area contributed by atoms with Crippen LogP contribution in [0.5, 0.6) is 0 Å². The van der Waals surface area contributed by atoms with E-state index in [2.05, 4.69) is 37.2 Å². The van der Waals surface area contributed by atoms with Gasteiger partial charge in [-0.1, -0.05) is 0 Å². The number of thiophene rings is 1. The van der Waals surface area contributed by atoms with Crippen LogP contribution in [0.3, 0.4) is 0 Å². The summed E-state index contributed by atoms with van der Waals surface area (Å²) < 4.78 is 1.79. The van der Waals surface area contributed by atoms with Crippen LogP contribution < -0.4 is 5.32 Å². The molecule has 1 rings (SSSR count). The topological polar surface area (TPSA) is 66.4 Å². The van der Waals surface area contributed by atoms with Crippen molar-refractivity contribution in [1.82, 2.24) is 5.32 Å². The number of halogens is 2. The molecule has 0 aliphatic heterocycles.